The van der Waals surface area contributed by atoms with Crippen molar-refractivity contribution >= 4 is 22.5 Å². The van der Waals surface area contributed by atoms with E-state index in [4.69, 9.17) is 9.47 Å². The van der Waals surface area contributed by atoms with Gasteiger partial charge >= 0.3 is 0 Å². The zero-order valence-electron chi connectivity index (χ0n) is 13.9. The van der Waals surface area contributed by atoms with Gasteiger partial charge in [-0.3, -0.25) is 9.89 Å². The summed E-state index contributed by atoms with van der Waals surface area (Å²) in [5.74, 6) is -0.0155. The summed E-state index contributed by atoms with van der Waals surface area (Å²) in [7, 11) is 3.06. The molecule has 130 valence electrons. The molecule has 0 radical (unpaired) electrons. The Morgan fingerprint density at radius 3 is 2.84 bits per heavy atom. The second-order valence-corrected chi connectivity index (χ2v) is 5.47. The lowest BCUT2D eigenvalue weighted by Crippen LogP contribution is -2.14. The van der Waals surface area contributed by atoms with Crippen molar-refractivity contribution in [1.82, 2.24) is 10.2 Å². The molecular formula is C18H18FN3O3. The summed E-state index contributed by atoms with van der Waals surface area (Å²) >= 11 is 0. The first-order valence-electron chi connectivity index (χ1n) is 7.73. The number of anilines is 1. The van der Waals surface area contributed by atoms with E-state index in [0.29, 0.717) is 29.3 Å². The molecule has 0 fully saturated rings. The van der Waals surface area contributed by atoms with E-state index in [9.17, 15) is 9.18 Å². The molecule has 0 unspecified atom stereocenters. The van der Waals surface area contributed by atoms with Crippen LogP contribution in [0.25, 0.3) is 22.2 Å². The monoisotopic (exact) mass is 343 g/mol. The van der Waals surface area contributed by atoms with Crippen molar-refractivity contribution in [2.24, 2.45) is 0 Å². The first-order chi connectivity index (χ1) is 12.1. The van der Waals surface area contributed by atoms with Gasteiger partial charge in [0.2, 0.25) is 5.91 Å². The second kappa shape index (κ2) is 7.31. The molecule has 2 N–H and O–H groups in total. The van der Waals surface area contributed by atoms with Crippen LogP contribution in [-0.4, -0.2) is 36.9 Å². The molecule has 3 aromatic rings. The van der Waals surface area contributed by atoms with Gasteiger partial charge < -0.3 is 14.8 Å². The molecule has 25 heavy (non-hydrogen) atoms. The molecule has 0 atom stereocenters. The standard InChI is InChI=1S/C18H18FN3O3/c1-24-7-6-17(23)20-15-9-13-14(10-16(15)25-2)21-22-18(13)11-4-3-5-12(19)8-11/h3-5,8-10H,6-7H2,1-2H3,(H,20,23)(H,21,22). The van der Waals surface area contributed by atoms with Gasteiger partial charge in [-0.05, 0) is 18.2 Å². The molecule has 2 aromatic carbocycles. The van der Waals surface area contributed by atoms with E-state index in [0.717, 1.165) is 10.9 Å². The number of nitrogens with zero attached hydrogens (tertiary/aromatic N) is 1. The molecule has 1 aromatic heterocycles. The molecule has 0 bridgehead atoms. The number of halogens is 1. The zero-order chi connectivity index (χ0) is 17.8. The Balaban J connectivity index is 2.02. The third kappa shape index (κ3) is 3.61. The molecular weight excluding hydrogens is 325 g/mol. The highest BCUT2D eigenvalue weighted by atomic mass is 19.1. The minimum atomic E-state index is -0.338. The Hall–Kier alpha value is -2.93. The van der Waals surface area contributed by atoms with Gasteiger partial charge in [-0.15, -0.1) is 0 Å². The normalized spacial score (nSPS) is 10.8. The third-order valence-electron chi connectivity index (χ3n) is 3.79. The molecule has 0 aliphatic heterocycles. The SMILES string of the molecule is COCCC(=O)Nc1cc2c(-c3cccc(F)c3)n[nH]c2cc1OC. The Bertz CT molecular complexity index is 908. The maximum Gasteiger partial charge on any atom is 0.226 e. The molecule has 7 heteroatoms. The van der Waals surface area contributed by atoms with E-state index >= 15 is 0 Å². The van der Waals surface area contributed by atoms with E-state index in [1.54, 1.807) is 24.3 Å². The highest BCUT2D eigenvalue weighted by Gasteiger charge is 2.15. The van der Waals surface area contributed by atoms with Crippen molar-refractivity contribution in [3.05, 3.63) is 42.2 Å². The van der Waals surface area contributed by atoms with Crippen molar-refractivity contribution in [1.29, 1.82) is 0 Å². The summed E-state index contributed by atoms with van der Waals surface area (Å²) < 4.78 is 23.8. The Labute approximate surface area is 143 Å². The fourth-order valence-corrected chi connectivity index (χ4v) is 2.57. The maximum atomic E-state index is 13.5. The summed E-state index contributed by atoms with van der Waals surface area (Å²) in [5, 5.41) is 10.7. The quantitative estimate of drug-likeness (QED) is 0.720. The van der Waals surface area contributed by atoms with Crippen molar-refractivity contribution in [2.45, 2.75) is 6.42 Å². The summed E-state index contributed by atoms with van der Waals surface area (Å²) in [6.07, 6.45) is 0.236. The lowest BCUT2D eigenvalue weighted by Gasteiger charge is -2.11. The van der Waals surface area contributed by atoms with E-state index in [-0.39, 0.29) is 18.1 Å². The first kappa shape index (κ1) is 16.9. The number of methoxy groups -OCH3 is 2. The van der Waals surface area contributed by atoms with Crippen LogP contribution >= 0.6 is 0 Å². The second-order valence-electron chi connectivity index (χ2n) is 5.47. The Morgan fingerprint density at radius 2 is 2.12 bits per heavy atom. The van der Waals surface area contributed by atoms with Gasteiger partial charge in [-0.1, -0.05) is 12.1 Å². The number of H-pyrrole nitrogens is 1. The smallest absolute Gasteiger partial charge is 0.226 e. The van der Waals surface area contributed by atoms with Crippen LogP contribution in [0.2, 0.25) is 0 Å². The third-order valence-corrected chi connectivity index (χ3v) is 3.79. The number of nitrogens with one attached hydrogen (secondary N) is 2. The average Bonchev–Trinajstić information content (AvgIpc) is 3.02. The van der Waals surface area contributed by atoms with Gasteiger partial charge in [0.1, 0.15) is 17.3 Å². The first-order valence-corrected chi connectivity index (χ1v) is 7.73. The minimum absolute atomic E-state index is 0.185. The predicted molar refractivity (Wildman–Crippen MR) is 93.2 cm³/mol. The van der Waals surface area contributed by atoms with Gasteiger partial charge in [0.05, 0.1) is 31.3 Å². The maximum absolute atomic E-state index is 13.5. The van der Waals surface area contributed by atoms with E-state index in [2.05, 4.69) is 15.5 Å². The van der Waals surface area contributed by atoms with Gasteiger partial charge in [-0.25, -0.2) is 4.39 Å². The molecule has 0 aliphatic carbocycles. The topological polar surface area (TPSA) is 76.2 Å². The Morgan fingerprint density at radius 1 is 1.28 bits per heavy atom. The zero-order valence-corrected chi connectivity index (χ0v) is 13.9. The highest BCUT2D eigenvalue weighted by Crippen LogP contribution is 2.34. The van der Waals surface area contributed by atoms with Gasteiger partial charge in [0.15, 0.2) is 0 Å². The van der Waals surface area contributed by atoms with Crippen LogP contribution in [0.3, 0.4) is 0 Å². The number of hydrogen-bond acceptors (Lipinski definition) is 4. The van der Waals surface area contributed by atoms with Crippen LogP contribution < -0.4 is 10.1 Å². The largest absolute Gasteiger partial charge is 0.494 e. The van der Waals surface area contributed by atoms with Crippen LogP contribution in [0.5, 0.6) is 5.75 Å². The number of aromatic nitrogens is 2. The minimum Gasteiger partial charge on any atom is -0.494 e. The molecule has 1 amide bonds. The lowest BCUT2D eigenvalue weighted by molar-refractivity contribution is -0.117. The van der Waals surface area contributed by atoms with Gasteiger partial charge in [0, 0.05) is 24.1 Å². The summed E-state index contributed by atoms with van der Waals surface area (Å²) in [4.78, 5) is 12.0. The number of rotatable bonds is 6. The molecule has 0 spiro atoms. The summed E-state index contributed by atoms with van der Waals surface area (Å²) in [6, 6.07) is 9.71. The number of aromatic amines is 1. The molecule has 1 heterocycles. The molecule has 0 saturated heterocycles. The summed E-state index contributed by atoms with van der Waals surface area (Å²) in [5.41, 5.74) is 2.50. The predicted octanol–water partition coefficient (Wildman–Crippen LogP) is 3.35. The van der Waals surface area contributed by atoms with Crippen molar-refractivity contribution in [3.8, 4) is 17.0 Å². The number of fused-ring (bicyclic) bond motifs is 1. The van der Waals surface area contributed by atoms with Crippen LogP contribution in [-0.2, 0) is 9.53 Å². The number of ether oxygens (including phenoxy) is 2. The average molecular weight is 343 g/mol. The fourth-order valence-electron chi connectivity index (χ4n) is 2.57. The van der Waals surface area contributed by atoms with Gasteiger partial charge in [-0.2, -0.15) is 5.10 Å². The van der Waals surface area contributed by atoms with E-state index < -0.39 is 0 Å². The number of hydrogen-bond donors (Lipinski definition) is 2. The van der Waals surface area contributed by atoms with Crippen molar-refractivity contribution in [3.63, 3.8) is 0 Å². The highest BCUT2D eigenvalue weighted by molar-refractivity contribution is 6.00. The number of carbonyl (C=O) groups excluding carboxylic acids is 1. The lowest BCUT2D eigenvalue weighted by atomic mass is 10.1. The number of carbonyl (C=O) groups is 1. The van der Waals surface area contributed by atoms with E-state index in [1.165, 1.54) is 26.4 Å². The number of amides is 1. The molecule has 3 rings (SSSR count). The fraction of sp³-hybridized carbons (Fsp3) is 0.222. The van der Waals surface area contributed by atoms with Crippen molar-refractivity contribution in [2.75, 3.05) is 26.1 Å². The van der Waals surface area contributed by atoms with Crippen LogP contribution in [0.15, 0.2) is 36.4 Å². The van der Waals surface area contributed by atoms with Gasteiger partial charge in [0.25, 0.3) is 0 Å². The van der Waals surface area contributed by atoms with E-state index in [1.807, 2.05) is 0 Å². The molecule has 6 nitrogen and oxygen atoms in total. The van der Waals surface area contributed by atoms with Crippen molar-refractivity contribution < 1.29 is 18.7 Å². The molecule has 0 saturated carbocycles. The van der Waals surface area contributed by atoms with Crippen LogP contribution in [0, 0.1) is 5.82 Å². The summed E-state index contributed by atoms with van der Waals surface area (Å²) in [6.45, 7) is 0.330. The van der Waals surface area contributed by atoms with Crippen LogP contribution in [0.1, 0.15) is 6.42 Å². The van der Waals surface area contributed by atoms with Crippen LogP contribution in [0.4, 0.5) is 10.1 Å². The Kier molecular flexibility index (Phi) is 4.95. The molecule has 0 aliphatic rings. The number of benzene rings is 2.